The number of carbonyl (C=O) groups excluding carboxylic acids is 1. The predicted molar refractivity (Wildman–Crippen MR) is 51.8 cm³/mol. The molecule has 3 heteroatoms. The minimum absolute atomic E-state index is 0.0245. The van der Waals surface area contributed by atoms with E-state index in [0.29, 0.717) is 6.42 Å². The smallest absolute Gasteiger partial charge is 0.238 e. The van der Waals surface area contributed by atoms with E-state index in [1.807, 2.05) is 6.92 Å². The second-order valence-electron chi connectivity index (χ2n) is 3.92. The number of nitrogens with one attached hydrogen (secondary N) is 1. The van der Waals surface area contributed by atoms with Crippen molar-refractivity contribution in [3.63, 3.8) is 0 Å². The maximum Gasteiger partial charge on any atom is 0.238 e. The molecule has 0 aromatic rings. The highest BCUT2D eigenvalue weighted by molar-refractivity contribution is 5.82. The summed E-state index contributed by atoms with van der Waals surface area (Å²) >= 11 is 0. The van der Waals surface area contributed by atoms with Crippen LogP contribution in [0.15, 0.2) is 0 Å². The van der Waals surface area contributed by atoms with Crippen LogP contribution in [0.3, 0.4) is 0 Å². The molecule has 1 rings (SSSR count). The lowest BCUT2D eigenvalue weighted by Gasteiger charge is -2.39. The minimum Gasteiger partial charge on any atom is -0.350 e. The quantitative estimate of drug-likeness (QED) is 0.617. The van der Waals surface area contributed by atoms with E-state index in [1.165, 1.54) is 6.42 Å². The zero-order valence-electron chi connectivity index (χ0n) is 7.97. The summed E-state index contributed by atoms with van der Waals surface area (Å²) in [6, 6.07) is -0.553. The largest absolute Gasteiger partial charge is 0.350 e. The first-order valence-corrected chi connectivity index (χ1v) is 4.58. The lowest BCUT2D eigenvalue weighted by molar-refractivity contribution is -0.125. The molecule has 72 valence electrons. The Morgan fingerprint density at radius 2 is 2.38 bits per heavy atom. The maximum atomic E-state index is 11.4. The summed E-state index contributed by atoms with van der Waals surface area (Å²) in [5.41, 5.74) is 5.53. The van der Waals surface area contributed by atoms with E-state index in [-0.39, 0.29) is 11.4 Å². The van der Waals surface area contributed by atoms with Gasteiger partial charge in [-0.3, -0.25) is 4.79 Å². The van der Waals surface area contributed by atoms with Gasteiger partial charge < -0.3 is 11.1 Å². The highest BCUT2D eigenvalue weighted by Crippen LogP contribution is 2.30. The molecule has 1 atom stereocenters. The van der Waals surface area contributed by atoms with E-state index in [9.17, 15) is 4.79 Å². The van der Waals surface area contributed by atoms with Crippen LogP contribution in [0, 0.1) is 12.3 Å². The van der Waals surface area contributed by atoms with Gasteiger partial charge in [0.15, 0.2) is 0 Å². The van der Waals surface area contributed by atoms with Crippen LogP contribution in [-0.4, -0.2) is 17.5 Å². The number of rotatable bonds is 3. The van der Waals surface area contributed by atoms with Crippen LogP contribution in [0.2, 0.25) is 0 Å². The number of hydrogen-bond donors (Lipinski definition) is 2. The SMILES string of the molecule is C#CCC(N)C(=O)NC1(C)CCC1. The third-order valence-electron chi connectivity index (χ3n) is 2.56. The molecule has 0 bridgehead atoms. The van der Waals surface area contributed by atoms with Gasteiger partial charge in [0, 0.05) is 12.0 Å². The fraction of sp³-hybridized carbons (Fsp3) is 0.700. The average Bonchev–Trinajstić information content (AvgIpc) is 2.02. The first-order valence-electron chi connectivity index (χ1n) is 4.58. The molecule has 0 spiro atoms. The Kier molecular flexibility index (Phi) is 2.94. The number of carbonyl (C=O) groups is 1. The fourth-order valence-electron chi connectivity index (χ4n) is 1.44. The predicted octanol–water partition coefficient (Wildman–Crippen LogP) is 0.396. The topological polar surface area (TPSA) is 55.1 Å². The van der Waals surface area contributed by atoms with Crippen LogP contribution in [0.4, 0.5) is 0 Å². The summed E-state index contributed by atoms with van der Waals surface area (Å²) in [6.07, 6.45) is 8.64. The molecule has 0 aromatic carbocycles. The molecule has 1 saturated carbocycles. The Morgan fingerprint density at radius 3 is 2.77 bits per heavy atom. The van der Waals surface area contributed by atoms with Gasteiger partial charge in [-0.1, -0.05) is 0 Å². The average molecular weight is 180 g/mol. The van der Waals surface area contributed by atoms with Gasteiger partial charge in [-0.2, -0.15) is 0 Å². The maximum absolute atomic E-state index is 11.4. The second kappa shape index (κ2) is 3.80. The fourth-order valence-corrected chi connectivity index (χ4v) is 1.44. The van der Waals surface area contributed by atoms with Gasteiger partial charge in [0.1, 0.15) is 0 Å². The van der Waals surface area contributed by atoms with Gasteiger partial charge in [-0.05, 0) is 26.2 Å². The Morgan fingerprint density at radius 1 is 1.77 bits per heavy atom. The Hall–Kier alpha value is -1.01. The second-order valence-corrected chi connectivity index (χ2v) is 3.92. The Labute approximate surface area is 79.1 Å². The van der Waals surface area contributed by atoms with Gasteiger partial charge in [0.25, 0.3) is 0 Å². The molecule has 1 aliphatic rings. The number of terminal acetylenes is 1. The first-order chi connectivity index (χ1) is 6.07. The molecule has 1 amide bonds. The van der Waals surface area contributed by atoms with Gasteiger partial charge in [-0.25, -0.2) is 0 Å². The molecule has 1 fully saturated rings. The highest BCUT2D eigenvalue weighted by Gasteiger charge is 2.34. The minimum atomic E-state index is -0.553. The Balaban J connectivity index is 2.36. The van der Waals surface area contributed by atoms with Crippen LogP contribution < -0.4 is 11.1 Å². The molecule has 1 aliphatic carbocycles. The summed E-state index contributed by atoms with van der Waals surface area (Å²) in [5.74, 6) is 2.26. The molecule has 3 nitrogen and oxygen atoms in total. The van der Waals surface area contributed by atoms with Crippen molar-refractivity contribution in [1.82, 2.24) is 5.32 Å². The number of hydrogen-bond acceptors (Lipinski definition) is 2. The molecule has 3 N–H and O–H groups in total. The van der Waals surface area contributed by atoms with Crippen LogP contribution in [0.5, 0.6) is 0 Å². The van der Waals surface area contributed by atoms with Crippen molar-refractivity contribution in [3.05, 3.63) is 0 Å². The van der Waals surface area contributed by atoms with Crippen molar-refractivity contribution < 1.29 is 4.79 Å². The lowest BCUT2D eigenvalue weighted by atomic mass is 9.78. The van der Waals surface area contributed by atoms with Crippen molar-refractivity contribution in [3.8, 4) is 12.3 Å². The Bertz CT molecular complexity index is 238. The van der Waals surface area contributed by atoms with Crippen LogP contribution in [-0.2, 0) is 4.79 Å². The third-order valence-corrected chi connectivity index (χ3v) is 2.56. The van der Waals surface area contributed by atoms with Gasteiger partial charge in [0.05, 0.1) is 6.04 Å². The van der Waals surface area contributed by atoms with Crippen molar-refractivity contribution >= 4 is 5.91 Å². The molecule has 0 aromatic heterocycles. The molecular weight excluding hydrogens is 164 g/mol. The third kappa shape index (κ3) is 2.46. The summed E-state index contributed by atoms with van der Waals surface area (Å²) < 4.78 is 0. The zero-order valence-corrected chi connectivity index (χ0v) is 7.97. The lowest BCUT2D eigenvalue weighted by Crippen LogP contribution is -2.55. The van der Waals surface area contributed by atoms with E-state index in [4.69, 9.17) is 12.2 Å². The molecule has 0 heterocycles. The zero-order chi connectivity index (χ0) is 9.90. The van der Waals surface area contributed by atoms with Crippen molar-refractivity contribution in [2.75, 3.05) is 0 Å². The van der Waals surface area contributed by atoms with Crippen molar-refractivity contribution in [2.24, 2.45) is 5.73 Å². The normalized spacial score (nSPS) is 21.0. The van der Waals surface area contributed by atoms with Crippen molar-refractivity contribution in [2.45, 2.75) is 44.2 Å². The summed E-state index contributed by atoms with van der Waals surface area (Å²) in [7, 11) is 0. The molecule has 13 heavy (non-hydrogen) atoms. The number of nitrogens with two attached hydrogens (primary N) is 1. The standard InChI is InChI=1S/C10H16N2O/c1-3-5-8(11)9(13)12-10(2)6-4-7-10/h1,8H,4-7,11H2,2H3,(H,12,13). The summed E-state index contributed by atoms with van der Waals surface area (Å²) in [5, 5.41) is 2.92. The molecule has 0 radical (unpaired) electrons. The van der Waals surface area contributed by atoms with Crippen molar-refractivity contribution in [1.29, 1.82) is 0 Å². The molecule has 1 unspecified atom stereocenters. The van der Waals surface area contributed by atoms with Crippen LogP contribution in [0.1, 0.15) is 32.6 Å². The van der Waals surface area contributed by atoms with Gasteiger partial charge >= 0.3 is 0 Å². The first kappa shape index (κ1) is 10.1. The molecule has 0 aliphatic heterocycles. The van der Waals surface area contributed by atoms with Gasteiger partial charge in [-0.15, -0.1) is 12.3 Å². The molecule has 0 saturated heterocycles. The summed E-state index contributed by atoms with van der Waals surface area (Å²) in [6.45, 7) is 2.04. The van der Waals surface area contributed by atoms with Gasteiger partial charge in [0.2, 0.25) is 5.91 Å². The highest BCUT2D eigenvalue weighted by atomic mass is 16.2. The van der Waals surface area contributed by atoms with Crippen LogP contribution >= 0.6 is 0 Å². The van der Waals surface area contributed by atoms with E-state index >= 15 is 0 Å². The molecular formula is C10H16N2O. The van der Waals surface area contributed by atoms with E-state index < -0.39 is 6.04 Å². The summed E-state index contributed by atoms with van der Waals surface area (Å²) in [4.78, 5) is 11.4. The monoisotopic (exact) mass is 180 g/mol. The van der Waals surface area contributed by atoms with E-state index in [2.05, 4.69) is 11.2 Å². The van der Waals surface area contributed by atoms with E-state index in [1.54, 1.807) is 0 Å². The van der Waals surface area contributed by atoms with Crippen LogP contribution in [0.25, 0.3) is 0 Å². The number of amides is 1. The van der Waals surface area contributed by atoms with E-state index in [0.717, 1.165) is 12.8 Å².